The average molecular weight is 453 g/mol. The number of aromatic nitrogens is 2. The number of anilines is 2. The monoisotopic (exact) mass is 452 g/mol. The maximum atomic E-state index is 14.6. The van der Waals surface area contributed by atoms with Crippen molar-refractivity contribution in [3.63, 3.8) is 0 Å². The first-order valence-electron chi connectivity index (χ1n) is 11.4. The first-order valence-corrected chi connectivity index (χ1v) is 11.4. The fourth-order valence-electron chi connectivity index (χ4n) is 4.21. The van der Waals surface area contributed by atoms with Crippen LogP contribution in [0, 0.1) is 5.82 Å². The highest BCUT2D eigenvalue weighted by atomic mass is 19.1. The van der Waals surface area contributed by atoms with Gasteiger partial charge in [-0.25, -0.2) is 4.39 Å². The molecule has 1 fully saturated rings. The van der Waals surface area contributed by atoms with Crippen molar-refractivity contribution < 1.29 is 9.18 Å². The van der Waals surface area contributed by atoms with Crippen molar-refractivity contribution in [1.29, 1.82) is 0 Å². The van der Waals surface area contributed by atoms with Crippen molar-refractivity contribution >= 4 is 17.3 Å². The lowest BCUT2D eigenvalue weighted by atomic mass is 9.93. The molecule has 1 atom stereocenters. The number of benzene rings is 2. The van der Waals surface area contributed by atoms with Gasteiger partial charge in [-0.05, 0) is 72.9 Å². The molecule has 0 saturated heterocycles. The highest BCUT2D eigenvalue weighted by Gasteiger charge is 2.26. The third kappa shape index (κ3) is 4.53. The van der Waals surface area contributed by atoms with Gasteiger partial charge in [0.25, 0.3) is 5.91 Å². The number of hydrogen-bond acceptors (Lipinski definition) is 4. The highest BCUT2D eigenvalue weighted by molar-refractivity contribution is 5.96. The molecule has 1 unspecified atom stereocenters. The lowest BCUT2D eigenvalue weighted by Crippen LogP contribution is -2.26. The minimum Gasteiger partial charge on any atom is -0.349 e. The number of nitrogens with one attached hydrogen (secondary N) is 1. The van der Waals surface area contributed by atoms with Gasteiger partial charge in [0.2, 0.25) is 0 Å². The Morgan fingerprint density at radius 1 is 0.971 bits per heavy atom. The fraction of sp³-hybridized carbons (Fsp3) is 0.179. The molecule has 170 valence electrons. The summed E-state index contributed by atoms with van der Waals surface area (Å²) < 4.78 is 14.6. The van der Waals surface area contributed by atoms with E-state index >= 15 is 0 Å². The summed E-state index contributed by atoms with van der Waals surface area (Å²) in [5.41, 5.74) is 4.71. The molecule has 1 amide bonds. The molecule has 6 heteroatoms. The molecule has 1 aliphatic rings. The zero-order chi connectivity index (χ0) is 23.5. The van der Waals surface area contributed by atoms with Crippen molar-refractivity contribution in [2.45, 2.75) is 31.8 Å². The number of rotatable bonds is 7. The zero-order valence-electron chi connectivity index (χ0n) is 18.9. The molecule has 2 aromatic heterocycles. The molecule has 1 N–H and O–H groups in total. The second-order valence-electron chi connectivity index (χ2n) is 8.50. The van der Waals surface area contributed by atoms with Gasteiger partial charge >= 0.3 is 0 Å². The molecule has 2 aromatic carbocycles. The number of carbonyl (C=O) groups excluding carboxylic acids is 1. The van der Waals surface area contributed by atoms with E-state index in [9.17, 15) is 9.18 Å². The summed E-state index contributed by atoms with van der Waals surface area (Å²) in [7, 11) is 0. The van der Waals surface area contributed by atoms with Crippen molar-refractivity contribution in [3.8, 4) is 11.1 Å². The third-order valence-corrected chi connectivity index (χ3v) is 6.08. The Bertz CT molecular complexity index is 1250. The molecule has 0 radical (unpaired) electrons. The van der Waals surface area contributed by atoms with Crippen LogP contribution >= 0.6 is 0 Å². The molecule has 0 aliphatic heterocycles. The Morgan fingerprint density at radius 3 is 2.26 bits per heavy atom. The molecule has 0 spiro atoms. The van der Waals surface area contributed by atoms with Crippen molar-refractivity contribution in [2.75, 3.05) is 4.90 Å². The maximum Gasteiger partial charge on any atom is 0.254 e. The van der Waals surface area contributed by atoms with Gasteiger partial charge < -0.3 is 10.2 Å². The normalized spacial score (nSPS) is 13.8. The van der Waals surface area contributed by atoms with Crippen LogP contribution in [-0.2, 0) is 0 Å². The van der Waals surface area contributed by atoms with Crippen LogP contribution in [-0.4, -0.2) is 21.9 Å². The van der Waals surface area contributed by atoms with E-state index in [-0.39, 0.29) is 23.6 Å². The zero-order valence-corrected chi connectivity index (χ0v) is 18.9. The van der Waals surface area contributed by atoms with Crippen LogP contribution in [0.4, 0.5) is 15.8 Å². The molecule has 1 aliphatic carbocycles. The molecular weight excluding hydrogens is 427 g/mol. The lowest BCUT2D eigenvalue weighted by Gasteiger charge is -2.32. The maximum absolute atomic E-state index is 14.6. The molecule has 0 bridgehead atoms. The van der Waals surface area contributed by atoms with E-state index in [0.717, 1.165) is 40.9 Å². The number of amides is 1. The summed E-state index contributed by atoms with van der Waals surface area (Å²) in [6.45, 7) is 2.11. The SMILES string of the molecule is CC(c1ccccc1-c1ccc(F)c(C(=O)NC2CC2)c1)N(c1cccnc1)c1cccnc1. The number of nitrogens with zero attached hydrogens (tertiary/aromatic N) is 3. The van der Waals surface area contributed by atoms with Crippen molar-refractivity contribution in [2.24, 2.45) is 0 Å². The number of pyridine rings is 2. The smallest absolute Gasteiger partial charge is 0.254 e. The second kappa shape index (κ2) is 9.43. The predicted molar refractivity (Wildman–Crippen MR) is 131 cm³/mol. The summed E-state index contributed by atoms with van der Waals surface area (Å²) in [4.78, 5) is 23.4. The minimum absolute atomic E-state index is 0.0724. The Hall–Kier alpha value is -4.06. The van der Waals surface area contributed by atoms with E-state index in [2.05, 4.69) is 33.2 Å². The molecular formula is C28H25FN4O. The van der Waals surface area contributed by atoms with Gasteiger partial charge in [0.1, 0.15) is 5.82 Å². The van der Waals surface area contributed by atoms with Crippen molar-refractivity contribution in [3.05, 3.63) is 108 Å². The van der Waals surface area contributed by atoms with Crippen LogP contribution < -0.4 is 10.2 Å². The third-order valence-electron chi connectivity index (χ3n) is 6.08. The van der Waals surface area contributed by atoms with Gasteiger partial charge in [-0.15, -0.1) is 0 Å². The molecule has 4 aromatic rings. The van der Waals surface area contributed by atoms with Gasteiger partial charge in [-0.2, -0.15) is 0 Å². The van der Waals surface area contributed by atoms with Crippen LogP contribution in [0.15, 0.2) is 91.5 Å². The van der Waals surface area contributed by atoms with Crippen molar-refractivity contribution in [1.82, 2.24) is 15.3 Å². The van der Waals surface area contributed by atoms with E-state index in [1.165, 1.54) is 6.07 Å². The van der Waals surface area contributed by atoms with E-state index < -0.39 is 5.82 Å². The van der Waals surface area contributed by atoms with E-state index in [1.54, 1.807) is 24.5 Å². The quantitative estimate of drug-likeness (QED) is 0.370. The van der Waals surface area contributed by atoms with Gasteiger partial charge in [-0.1, -0.05) is 30.3 Å². The summed E-state index contributed by atoms with van der Waals surface area (Å²) in [5, 5.41) is 2.89. The molecule has 34 heavy (non-hydrogen) atoms. The largest absolute Gasteiger partial charge is 0.349 e. The summed E-state index contributed by atoms with van der Waals surface area (Å²) >= 11 is 0. The molecule has 1 saturated carbocycles. The first-order chi connectivity index (χ1) is 16.6. The molecule has 5 nitrogen and oxygen atoms in total. The van der Waals surface area contributed by atoms with Crippen LogP contribution in [0.2, 0.25) is 0 Å². The number of carbonyl (C=O) groups is 1. The Balaban J connectivity index is 1.56. The molecule has 2 heterocycles. The Morgan fingerprint density at radius 2 is 1.65 bits per heavy atom. The summed E-state index contributed by atoms with van der Waals surface area (Å²) in [6, 6.07) is 20.7. The second-order valence-corrected chi connectivity index (χ2v) is 8.50. The Kier molecular flexibility index (Phi) is 6.04. The van der Waals surface area contributed by atoms with Crippen LogP contribution in [0.25, 0.3) is 11.1 Å². The van der Waals surface area contributed by atoms with E-state index in [0.29, 0.717) is 0 Å². The predicted octanol–water partition coefficient (Wildman–Crippen LogP) is 6.07. The fourth-order valence-corrected chi connectivity index (χ4v) is 4.21. The molecule has 5 rings (SSSR count). The van der Waals surface area contributed by atoms with Gasteiger partial charge in [-0.3, -0.25) is 14.8 Å². The number of halogens is 1. The van der Waals surface area contributed by atoms with Crippen LogP contribution in [0.5, 0.6) is 0 Å². The topological polar surface area (TPSA) is 58.1 Å². The number of hydrogen-bond donors (Lipinski definition) is 1. The highest BCUT2D eigenvalue weighted by Crippen LogP contribution is 2.38. The van der Waals surface area contributed by atoms with Crippen LogP contribution in [0.1, 0.15) is 41.7 Å². The van der Waals surface area contributed by atoms with E-state index in [4.69, 9.17) is 0 Å². The van der Waals surface area contributed by atoms with E-state index in [1.807, 2.05) is 54.9 Å². The van der Waals surface area contributed by atoms with Gasteiger partial charge in [0.05, 0.1) is 35.4 Å². The Labute approximate surface area is 198 Å². The standard InChI is InChI=1S/C28H25FN4O/c1-19(33(22-6-4-14-30-17-22)23-7-5-15-31-18-23)24-8-2-3-9-25(24)20-10-13-27(29)26(16-20)28(34)32-21-11-12-21/h2-10,13-19,21H,11-12H2,1H3,(H,32,34). The minimum atomic E-state index is -0.514. The first kappa shape index (κ1) is 21.8. The lowest BCUT2D eigenvalue weighted by molar-refractivity contribution is 0.0947. The van der Waals surface area contributed by atoms with Crippen LogP contribution in [0.3, 0.4) is 0 Å². The summed E-state index contributed by atoms with van der Waals surface area (Å²) in [5.74, 6) is -0.875. The average Bonchev–Trinajstić information content (AvgIpc) is 3.70. The summed E-state index contributed by atoms with van der Waals surface area (Å²) in [6.07, 6.45) is 9.04. The van der Waals surface area contributed by atoms with Gasteiger partial charge in [0, 0.05) is 18.4 Å². The van der Waals surface area contributed by atoms with Gasteiger partial charge in [0.15, 0.2) is 0 Å².